The van der Waals surface area contributed by atoms with E-state index in [1.165, 1.54) is 4.57 Å². The maximum atomic E-state index is 12.3. The molecular weight excluding hydrogens is 328 g/mol. The summed E-state index contributed by atoms with van der Waals surface area (Å²) in [5.74, 6) is 0.801. The van der Waals surface area contributed by atoms with E-state index in [9.17, 15) is 9.59 Å². The van der Waals surface area contributed by atoms with E-state index >= 15 is 0 Å². The molecule has 0 amide bonds. The highest BCUT2D eigenvalue weighted by Crippen LogP contribution is 2.15. The Hall–Kier alpha value is -2.34. The zero-order valence-electron chi connectivity index (χ0n) is 13.5. The van der Waals surface area contributed by atoms with Crippen LogP contribution in [0.3, 0.4) is 0 Å². The summed E-state index contributed by atoms with van der Waals surface area (Å²) in [5.41, 5.74) is 0.884. The molecule has 2 aromatic heterocycles. The fourth-order valence-corrected chi connectivity index (χ4v) is 2.99. The van der Waals surface area contributed by atoms with Gasteiger partial charge in [-0.1, -0.05) is 43.7 Å². The Morgan fingerprint density at radius 1 is 1.17 bits per heavy atom. The third-order valence-corrected chi connectivity index (χ3v) is 4.24. The van der Waals surface area contributed by atoms with Crippen LogP contribution in [0.2, 0.25) is 0 Å². The van der Waals surface area contributed by atoms with Gasteiger partial charge >= 0.3 is 5.69 Å². The molecule has 3 rings (SSSR count). The number of nitrogens with zero attached hydrogens (tertiary/aromatic N) is 3. The maximum absolute atomic E-state index is 12.3. The molecular formula is C17H19ClN4O2. The van der Waals surface area contributed by atoms with Crippen LogP contribution >= 0.6 is 11.6 Å². The van der Waals surface area contributed by atoms with Crippen molar-refractivity contribution in [3.63, 3.8) is 0 Å². The number of aromatic nitrogens is 4. The third-order valence-electron chi connectivity index (χ3n) is 4.00. The molecule has 0 aliphatic heterocycles. The Morgan fingerprint density at radius 3 is 2.58 bits per heavy atom. The lowest BCUT2D eigenvalue weighted by Crippen LogP contribution is -2.31. The van der Waals surface area contributed by atoms with E-state index in [1.54, 1.807) is 0 Å². The standard InChI is InChI=1S/C17H19ClN4O2/c1-2-3-9-21-13(10-18)19-15-14(21)16(23)20-17(24)22(15)11-12-7-5-4-6-8-12/h4-8H,2-3,9-11H2,1H3,(H,20,23,24). The van der Waals surface area contributed by atoms with Crippen molar-refractivity contribution in [3.8, 4) is 0 Å². The van der Waals surface area contributed by atoms with Crippen molar-refractivity contribution in [2.45, 2.75) is 38.7 Å². The fraction of sp³-hybridized carbons (Fsp3) is 0.353. The highest BCUT2D eigenvalue weighted by atomic mass is 35.5. The number of halogens is 1. The summed E-state index contributed by atoms with van der Waals surface area (Å²) in [7, 11) is 0. The second-order valence-corrected chi connectivity index (χ2v) is 5.94. The molecule has 0 unspecified atom stereocenters. The molecule has 3 aromatic rings. The first-order chi connectivity index (χ1) is 11.7. The normalized spacial score (nSPS) is 11.2. The van der Waals surface area contributed by atoms with Crippen molar-refractivity contribution in [2.24, 2.45) is 0 Å². The molecule has 0 radical (unpaired) electrons. The number of nitrogens with one attached hydrogen (secondary N) is 1. The van der Waals surface area contributed by atoms with E-state index in [2.05, 4.69) is 16.9 Å². The number of hydrogen-bond donors (Lipinski definition) is 1. The van der Waals surface area contributed by atoms with Crippen molar-refractivity contribution in [3.05, 3.63) is 62.6 Å². The zero-order chi connectivity index (χ0) is 17.1. The summed E-state index contributed by atoms with van der Waals surface area (Å²) in [6.07, 6.45) is 1.90. The van der Waals surface area contributed by atoms with Crippen molar-refractivity contribution in [1.82, 2.24) is 19.1 Å². The van der Waals surface area contributed by atoms with E-state index < -0.39 is 11.2 Å². The molecule has 0 saturated carbocycles. The first kappa shape index (κ1) is 16.5. The van der Waals surface area contributed by atoms with Gasteiger partial charge in [-0.25, -0.2) is 9.78 Å². The van der Waals surface area contributed by atoms with Crippen LogP contribution in [0.1, 0.15) is 31.2 Å². The molecule has 0 aliphatic carbocycles. The summed E-state index contributed by atoms with van der Waals surface area (Å²) in [4.78, 5) is 31.5. The molecule has 1 N–H and O–H groups in total. The Balaban J connectivity index is 2.21. The minimum atomic E-state index is -0.461. The number of H-pyrrole nitrogens is 1. The van der Waals surface area contributed by atoms with Crippen molar-refractivity contribution in [2.75, 3.05) is 0 Å². The molecule has 24 heavy (non-hydrogen) atoms. The summed E-state index contributed by atoms with van der Waals surface area (Å²) in [5, 5.41) is 0. The largest absolute Gasteiger partial charge is 0.330 e. The van der Waals surface area contributed by atoms with Gasteiger partial charge in [0.25, 0.3) is 5.56 Å². The van der Waals surface area contributed by atoms with E-state index in [0.29, 0.717) is 30.1 Å². The highest BCUT2D eigenvalue weighted by molar-refractivity contribution is 6.16. The van der Waals surface area contributed by atoms with Crippen molar-refractivity contribution >= 4 is 22.8 Å². The average Bonchev–Trinajstić information content (AvgIpc) is 2.96. The van der Waals surface area contributed by atoms with Crippen LogP contribution in [0, 0.1) is 0 Å². The predicted octanol–water partition coefficient (Wildman–Crippen LogP) is 2.47. The van der Waals surface area contributed by atoms with Gasteiger partial charge in [0.15, 0.2) is 11.2 Å². The molecule has 1 aromatic carbocycles. The molecule has 0 saturated heterocycles. The Labute approximate surface area is 143 Å². The second kappa shape index (κ2) is 7.05. The topological polar surface area (TPSA) is 72.7 Å². The molecule has 0 aliphatic rings. The number of fused-ring (bicyclic) bond motifs is 1. The number of hydrogen-bond acceptors (Lipinski definition) is 3. The van der Waals surface area contributed by atoms with Gasteiger partial charge in [-0.05, 0) is 12.0 Å². The first-order valence-corrected chi connectivity index (χ1v) is 8.51. The van der Waals surface area contributed by atoms with E-state index in [0.717, 1.165) is 18.4 Å². The lowest BCUT2D eigenvalue weighted by Gasteiger charge is -2.08. The van der Waals surface area contributed by atoms with Crippen molar-refractivity contribution < 1.29 is 0 Å². The zero-order valence-corrected chi connectivity index (χ0v) is 14.2. The average molecular weight is 347 g/mol. The van der Waals surface area contributed by atoms with Crippen molar-refractivity contribution in [1.29, 1.82) is 0 Å². The van der Waals surface area contributed by atoms with Gasteiger partial charge in [-0.2, -0.15) is 0 Å². The minimum absolute atomic E-state index is 0.192. The molecule has 0 bridgehead atoms. The predicted molar refractivity (Wildman–Crippen MR) is 94.6 cm³/mol. The van der Waals surface area contributed by atoms with Gasteiger partial charge in [-0.3, -0.25) is 14.3 Å². The van der Waals surface area contributed by atoms with Crippen LogP contribution in [0.4, 0.5) is 0 Å². The van der Waals surface area contributed by atoms with Crippen LogP contribution in [0.25, 0.3) is 11.2 Å². The lowest BCUT2D eigenvalue weighted by molar-refractivity contribution is 0.626. The summed E-state index contributed by atoms with van der Waals surface area (Å²) in [6, 6.07) is 9.60. The van der Waals surface area contributed by atoms with Crippen LogP contribution in [0.15, 0.2) is 39.9 Å². The summed E-state index contributed by atoms with van der Waals surface area (Å²) >= 11 is 6.00. The monoisotopic (exact) mass is 346 g/mol. The molecule has 0 spiro atoms. The lowest BCUT2D eigenvalue weighted by atomic mass is 10.2. The third kappa shape index (κ3) is 3.01. The number of imidazole rings is 1. The number of rotatable bonds is 6. The number of unbranched alkanes of at least 4 members (excludes halogenated alkanes) is 1. The molecule has 0 atom stereocenters. The van der Waals surface area contributed by atoms with Gasteiger partial charge in [0.1, 0.15) is 5.82 Å². The van der Waals surface area contributed by atoms with Crippen LogP contribution in [-0.4, -0.2) is 19.1 Å². The quantitative estimate of drug-likeness (QED) is 0.697. The SMILES string of the molecule is CCCCn1c(CCl)nc2c1c(=O)[nH]c(=O)n2Cc1ccccc1. The smallest absolute Gasteiger partial charge is 0.321 e. The summed E-state index contributed by atoms with van der Waals surface area (Å²) < 4.78 is 3.32. The molecule has 6 nitrogen and oxygen atoms in total. The van der Waals surface area contributed by atoms with E-state index in [4.69, 9.17) is 11.6 Å². The van der Waals surface area contributed by atoms with Gasteiger partial charge in [0, 0.05) is 6.54 Å². The first-order valence-electron chi connectivity index (χ1n) is 7.97. The van der Waals surface area contributed by atoms with Crippen LogP contribution < -0.4 is 11.2 Å². The molecule has 126 valence electrons. The molecule has 0 fully saturated rings. The van der Waals surface area contributed by atoms with Crippen LogP contribution in [0.5, 0.6) is 0 Å². The number of benzene rings is 1. The molecule has 2 heterocycles. The Kier molecular flexibility index (Phi) is 4.85. The van der Waals surface area contributed by atoms with Gasteiger partial charge in [-0.15, -0.1) is 11.6 Å². The maximum Gasteiger partial charge on any atom is 0.330 e. The van der Waals surface area contributed by atoms with Gasteiger partial charge in [0.2, 0.25) is 0 Å². The minimum Gasteiger partial charge on any atom is -0.321 e. The van der Waals surface area contributed by atoms with Crippen LogP contribution in [-0.2, 0) is 19.0 Å². The number of aromatic amines is 1. The van der Waals surface area contributed by atoms with Gasteiger partial charge < -0.3 is 4.57 Å². The Morgan fingerprint density at radius 2 is 1.92 bits per heavy atom. The highest BCUT2D eigenvalue weighted by Gasteiger charge is 2.17. The summed E-state index contributed by atoms with van der Waals surface area (Å²) in [6.45, 7) is 3.08. The van der Waals surface area contributed by atoms with Gasteiger partial charge in [0.05, 0.1) is 12.4 Å². The number of aryl methyl sites for hydroxylation is 1. The molecule has 7 heteroatoms. The second-order valence-electron chi connectivity index (χ2n) is 5.67. The fourth-order valence-electron chi connectivity index (χ4n) is 2.79. The van der Waals surface area contributed by atoms with E-state index in [1.807, 2.05) is 34.9 Å². The Bertz CT molecular complexity index is 956. The number of alkyl halides is 1. The van der Waals surface area contributed by atoms with E-state index in [-0.39, 0.29) is 5.88 Å².